The van der Waals surface area contributed by atoms with Crippen LogP contribution in [0.4, 0.5) is 0 Å². The van der Waals surface area contributed by atoms with Crippen LogP contribution in [0.1, 0.15) is 35.6 Å². The molecular weight excluding hydrogens is 316 g/mol. The number of aryl methyl sites for hydroxylation is 1. The minimum Gasteiger partial charge on any atom is -0.481 e. The van der Waals surface area contributed by atoms with E-state index in [1.807, 2.05) is 20.8 Å². The number of carboxylic acids is 1. The highest BCUT2D eigenvalue weighted by atomic mass is 32.1. The molecule has 7 heteroatoms. The third-order valence-electron chi connectivity index (χ3n) is 3.20. The fourth-order valence-electron chi connectivity index (χ4n) is 2.20. The highest BCUT2D eigenvalue weighted by molar-refractivity contribution is 7.15. The van der Waals surface area contributed by atoms with Crippen molar-refractivity contribution in [2.24, 2.45) is 5.92 Å². The van der Waals surface area contributed by atoms with Crippen LogP contribution in [0.5, 0.6) is 0 Å². The van der Waals surface area contributed by atoms with Crippen molar-refractivity contribution in [1.29, 1.82) is 0 Å². The molecule has 2 aromatic heterocycles. The van der Waals surface area contributed by atoms with E-state index >= 15 is 0 Å². The molecule has 2 rings (SSSR count). The number of nitrogens with zero attached hydrogens (tertiary/aromatic N) is 2. The number of furan rings is 1. The number of carboxylic acid groups (broad SMARTS) is 1. The summed E-state index contributed by atoms with van der Waals surface area (Å²) in [5, 5.41) is 9.52. The van der Waals surface area contributed by atoms with Crippen molar-refractivity contribution in [2.45, 2.75) is 27.2 Å². The Kier molecular flexibility index (Phi) is 5.54. The molecule has 0 spiro atoms. The van der Waals surface area contributed by atoms with E-state index in [2.05, 4.69) is 4.98 Å². The lowest BCUT2D eigenvalue weighted by molar-refractivity contribution is -0.137. The summed E-state index contributed by atoms with van der Waals surface area (Å²) < 4.78 is 5.32. The molecule has 0 unspecified atom stereocenters. The molecule has 6 nitrogen and oxygen atoms in total. The van der Waals surface area contributed by atoms with Gasteiger partial charge in [-0.25, -0.2) is 4.98 Å². The fourth-order valence-corrected chi connectivity index (χ4v) is 3.07. The predicted molar refractivity (Wildman–Crippen MR) is 87.5 cm³/mol. The number of aliphatic carboxylic acids is 1. The van der Waals surface area contributed by atoms with E-state index in [9.17, 15) is 9.59 Å². The number of thiazole rings is 1. The lowest BCUT2D eigenvalue weighted by Gasteiger charge is -2.23. The van der Waals surface area contributed by atoms with E-state index in [1.54, 1.807) is 23.3 Å². The van der Waals surface area contributed by atoms with Gasteiger partial charge in [0.25, 0.3) is 5.91 Å². The largest absolute Gasteiger partial charge is 0.481 e. The number of hydrogen-bond acceptors (Lipinski definition) is 5. The van der Waals surface area contributed by atoms with Crippen LogP contribution in [-0.2, 0) is 4.79 Å². The Bertz CT molecular complexity index is 676. The molecule has 0 bridgehead atoms. The Labute approximate surface area is 138 Å². The minimum atomic E-state index is -0.919. The van der Waals surface area contributed by atoms with Crippen LogP contribution in [-0.4, -0.2) is 40.0 Å². The lowest BCUT2D eigenvalue weighted by atomic mass is 10.2. The quantitative estimate of drug-likeness (QED) is 0.839. The van der Waals surface area contributed by atoms with E-state index in [1.165, 1.54) is 11.3 Å². The van der Waals surface area contributed by atoms with Gasteiger partial charge in [-0.05, 0) is 25.0 Å². The molecular formula is C16H20N2O4S. The molecule has 2 heterocycles. The monoisotopic (exact) mass is 336 g/mol. The summed E-state index contributed by atoms with van der Waals surface area (Å²) >= 11 is 1.39. The second-order valence-electron chi connectivity index (χ2n) is 5.69. The van der Waals surface area contributed by atoms with Crippen molar-refractivity contribution in [2.75, 3.05) is 13.1 Å². The van der Waals surface area contributed by atoms with Crippen molar-refractivity contribution in [3.63, 3.8) is 0 Å². The topological polar surface area (TPSA) is 83.6 Å². The van der Waals surface area contributed by atoms with Gasteiger partial charge < -0.3 is 14.4 Å². The molecule has 0 atom stereocenters. The molecule has 1 N–H and O–H groups in total. The summed E-state index contributed by atoms with van der Waals surface area (Å²) in [6.07, 6.45) is 1.48. The van der Waals surface area contributed by atoms with E-state index in [0.29, 0.717) is 23.0 Å². The molecule has 1 amide bonds. The van der Waals surface area contributed by atoms with Crippen LogP contribution < -0.4 is 0 Å². The number of rotatable bonds is 7. The van der Waals surface area contributed by atoms with Crippen molar-refractivity contribution in [1.82, 2.24) is 9.88 Å². The van der Waals surface area contributed by atoms with Gasteiger partial charge in [0.05, 0.1) is 12.7 Å². The Morgan fingerprint density at radius 3 is 2.74 bits per heavy atom. The maximum atomic E-state index is 12.7. The molecule has 0 saturated carbocycles. The van der Waals surface area contributed by atoms with Crippen LogP contribution in [0.25, 0.3) is 10.8 Å². The van der Waals surface area contributed by atoms with Crippen molar-refractivity contribution >= 4 is 23.2 Å². The SMILES string of the molecule is Cc1sc(-c2ccco2)nc1C(=O)N(CCC(=O)O)CC(C)C. The summed E-state index contributed by atoms with van der Waals surface area (Å²) in [5.41, 5.74) is 0.368. The first-order chi connectivity index (χ1) is 10.9. The van der Waals surface area contributed by atoms with Crippen LogP contribution in [0.3, 0.4) is 0 Å². The zero-order valence-electron chi connectivity index (χ0n) is 13.4. The van der Waals surface area contributed by atoms with Gasteiger partial charge in [0, 0.05) is 18.0 Å². The number of aromatic nitrogens is 1. The normalized spacial score (nSPS) is 11.0. The Hall–Kier alpha value is -2.15. The Morgan fingerprint density at radius 2 is 2.17 bits per heavy atom. The van der Waals surface area contributed by atoms with Crippen molar-refractivity contribution < 1.29 is 19.1 Å². The molecule has 0 radical (unpaired) electrons. The summed E-state index contributed by atoms with van der Waals surface area (Å²) in [5.74, 6) is -0.279. The van der Waals surface area contributed by atoms with Gasteiger partial charge in [-0.15, -0.1) is 11.3 Å². The first-order valence-electron chi connectivity index (χ1n) is 7.41. The van der Waals surface area contributed by atoms with Gasteiger partial charge in [-0.1, -0.05) is 13.8 Å². The van der Waals surface area contributed by atoms with Crippen molar-refractivity contribution in [3.05, 3.63) is 29.0 Å². The van der Waals surface area contributed by atoms with E-state index < -0.39 is 5.97 Å². The summed E-state index contributed by atoms with van der Waals surface area (Å²) in [4.78, 5) is 30.3. The van der Waals surface area contributed by atoms with Gasteiger partial charge in [-0.3, -0.25) is 9.59 Å². The Balaban J connectivity index is 2.23. The van der Waals surface area contributed by atoms with Gasteiger partial charge in [0.15, 0.2) is 10.8 Å². The average molecular weight is 336 g/mol. The van der Waals surface area contributed by atoms with E-state index in [-0.39, 0.29) is 24.8 Å². The molecule has 0 aliphatic carbocycles. The zero-order valence-corrected chi connectivity index (χ0v) is 14.2. The van der Waals surface area contributed by atoms with Gasteiger partial charge >= 0.3 is 5.97 Å². The molecule has 0 saturated heterocycles. The molecule has 0 aliphatic heterocycles. The van der Waals surface area contributed by atoms with Crippen LogP contribution in [0.15, 0.2) is 22.8 Å². The average Bonchev–Trinajstić information content (AvgIpc) is 3.11. The smallest absolute Gasteiger partial charge is 0.305 e. The highest BCUT2D eigenvalue weighted by Gasteiger charge is 2.23. The zero-order chi connectivity index (χ0) is 17.0. The van der Waals surface area contributed by atoms with Crippen LogP contribution in [0.2, 0.25) is 0 Å². The Morgan fingerprint density at radius 1 is 1.43 bits per heavy atom. The van der Waals surface area contributed by atoms with Gasteiger partial charge in [0.2, 0.25) is 0 Å². The molecule has 124 valence electrons. The molecule has 2 aromatic rings. The summed E-state index contributed by atoms with van der Waals surface area (Å²) in [7, 11) is 0. The number of carbonyl (C=O) groups is 2. The maximum Gasteiger partial charge on any atom is 0.305 e. The maximum absolute atomic E-state index is 12.7. The fraction of sp³-hybridized carbons (Fsp3) is 0.438. The summed E-state index contributed by atoms with van der Waals surface area (Å²) in [6, 6.07) is 3.56. The molecule has 0 aliphatic rings. The van der Waals surface area contributed by atoms with Crippen molar-refractivity contribution in [3.8, 4) is 10.8 Å². The van der Waals surface area contributed by atoms with E-state index in [0.717, 1.165) is 4.88 Å². The van der Waals surface area contributed by atoms with E-state index in [4.69, 9.17) is 9.52 Å². The first-order valence-corrected chi connectivity index (χ1v) is 8.22. The molecule has 23 heavy (non-hydrogen) atoms. The first kappa shape index (κ1) is 17.2. The number of carbonyl (C=O) groups excluding carboxylic acids is 1. The lowest BCUT2D eigenvalue weighted by Crippen LogP contribution is -2.36. The molecule has 0 fully saturated rings. The van der Waals surface area contributed by atoms with Crippen LogP contribution >= 0.6 is 11.3 Å². The third-order valence-corrected chi connectivity index (χ3v) is 4.18. The second-order valence-corrected chi connectivity index (χ2v) is 6.89. The van der Waals surface area contributed by atoms with Crippen LogP contribution in [0, 0.1) is 12.8 Å². The van der Waals surface area contributed by atoms with Gasteiger partial charge in [-0.2, -0.15) is 0 Å². The van der Waals surface area contributed by atoms with Gasteiger partial charge in [0.1, 0.15) is 5.69 Å². The number of hydrogen-bond donors (Lipinski definition) is 1. The highest BCUT2D eigenvalue weighted by Crippen LogP contribution is 2.28. The minimum absolute atomic E-state index is 0.0767. The summed E-state index contributed by atoms with van der Waals surface area (Å²) in [6.45, 7) is 6.49. The third kappa shape index (κ3) is 4.41. The standard InChI is InChI=1S/C16H20N2O4S/c1-10(2)9-18(7-6-13(19)20)16(21)14-11(3)23-15(17-14)12-5-4-8-22-12/h4-5,8,10H,6-7,9H2,1-3H3,(H,19,20). The molecule has 0 aromatic carbocycles. The number of amides is 1. The second kappa shape index (κ2) is 7.41. The predicted octanol–water partition coefficient (Wildman–Crippen LogP) is 3.28.